The number of rotatable bonds is 3. The quantitative estimate of drug-likeness (QED) is 0.528. The third kappa shape index (κ3) is 4.91. The summed E-state index contributed by atoms with van der Waals surface area (Å²) in [6.45, 7) is -2.11. The normalized spacial score (nSPS) is 14.1. The van der Waals surface area contributed by atoms with E-state index in [0.717, 1.165) is 0 Å². The molecule has 0 aliphatic heterocycles. The maximum absolute atomic E-state index is 11.5. The monoisotopic (exact) mass is 186 g/mol. The molecule has 0 aromatic rings. The smallest absolute Gasteiger partial charge is 0.394 e. The highest BCUT2D eigenvalue weighted by atomic mass is 19.4. The van der Waals surface area contributed by atoms with Crippen molar-refractivity contribution < 1.29 is 23.1 Å². The number of hydrogen-bond acceptors (Lipinski definition) is 3. The van der Waals surface area contributed by atoms with Crippen LogP contribution in [0.4, 0.5) is 13.2 Å². The summed E-state index contributed by atoms with van der Waals surface area (Å²) in [5.74, 6) is -1.02. The first kappa shape index (κ1) is 11.2. The van der Waals surface area contributed by atoms with Crippen LogP contribution in [0.5, 0.6) is 0 Å². The second-order valence-corrected chi connectivity index (χ2v) is 2.12. The van der Waals surface area contributed by atoms with Crippen molar-refractivity contribution >= 4 is 5.91 Å². The van der Waals surface area contributed by atoms with Gasteiger partial charge in [0.15, 0.2) is 0 Å². The highest BCUT2D eigenvalue weighted by Crippen LogP contribution is 2.11. The highest BCUT2D eigenvalue weighted by molar-refractivity contribution is 5.81. The predicted molar refractivity (Wildman–Crippen MR) is 34.1 cm³/mol. The molecule has 4 nitrogen and oxygen atoms in total. The fraction of sp³-hybridized carbons (Fsp3) is 0.800. The minimum absolute atomic E-state index is 0.677. The first-order valence-electron chi connectivity index (χ1n) is 3.07. The molecule has 0 aliphatic rings. The van der Waals surface area contributed by atoms with Gasteiger partial charge in [-0.25, -0.2) is 0 Å². The summed E-state index contributed by atoms with van der Waals surface area (Å²) in [6, 6.07) is -1.30. The SMILES string of the molecule is N[C@H](CO)C(=O)NCC(F)(F)F. The van der Waals surface area contributed by atoms with E-state index in [0.29, 0.717) is 0 Å². The largest absolute Gasteiger partial charge is 0.405 e. The molecule has 0 fully saturated rings. The molecule has 1 atom stereocenters. The molecule has 0 heterocycles. The summed E-state index contributed by atoms with van der Waals surface area (Å²) in [6.07, 6.45) is -4.45. The molecule has 0 rings (SSSR count). The molecular formula is C5H9F3N2O2. The van der Waals surface area contributed by atoms with Crippen LogP contribution >= 0.6 is 0 Å². The Hall–Kier alpha value is -0.820. The standard InChI is InChI=1S/C5H9F3N2O2/c6-5(7,8)2-10-4(12)3(9)1-11/h3,11H,1-2,9H2,(H,10,12)/t3-/m1/s1. The molecule has 0 spiro atoms. The summed E-state index contributed by atoms with van der Waals surface area (Å²) >= 11 is 0. The Bertz CT molecular complexity index is 159. The van der Waals surface area contributed by atoms with E-state index in [2.05, 4.69) is 0 Å². The van der Waals surface area contributed by atoms with Gasteiger partial charge in [0, 0.05) is 0 Å². The number of aliphatic hydroxyl groups is 1. The topological polar surface area (TPSA) is 75.3 Å². The third-order valence-corrected chi connectivity index (χ3v) is 0.997. The van der Waals surface area contributed by atoms with Crippen LogP contribution in [0, 0.1) is 0 Å². The average Bonchev–Trinajstić information content (AvgIpc) is 1.97. The highest BCUT2D eigenvalue weighted by Gasteiger charge is 2.28. The van der Waals surface area contributed by atoms with Gasteiger partial charge in [0.25, 0.3) is 0 Å². The van der Waals surface area contributed by atoms with Crippen molar-refractivity contribution in [2.24, 2.45) is 5.73 Å². The first-order chi connectivity index (χ1) is 5.37. The molecule has 1 amide bonds. The Labute approximate surface area is 66.5 Å². The Morgan fingerprint density at radius 2 is 2.08 bits per heavy atom. The van der Waals surface area contributed by atoms with Crippen LogP contribution in [0.3, 0.4) is 0 Å². The predicted octanol–water partition coefficient (Wildman–Crippen LogP) is -1.02. The zero-order valence-corrected chi connectivity index (χ0v) is 6.06. The minimum atomic E-state index is -4.45. The summed E-state index contributed by atoms with van der Waals surface area (Å²) in [4.78, 5) is 10.5. The first-order valence-corrected chi connectivity index (χ1v) is 3.07. The van der Waals surface area contributed by atoms with E-state index in [4.69, 9.17) is 10.8 Å². The zero-order chi connectivity index (χ0) is 9.78. The number of nitrogens with two attached hydrogens (primary N) is 1. The number of amides is 1. The van der Waals surface area contributed by atoms with Gasteiger partial charge < -0.3 is 16.2 Å². The van der Waals surface area contributed by atoms with Crippen molar-refractivity contribution in [2.75, 3.05) is 13.2 Å². The third-order valence-electron chi connectivity index (χ3n) is 0.997. The van der Waals surface area contributed by atoms with Crippen LogP contribution in [0.25, 0.3) is 0 Å². The number of aliphatic hydroxyl groups excluding tert-OH is 1. The summed E-state index contributed by atoms with van der Waals surface area (Å²) in [7, 11) is 0. The molecule has 0 aromatic heterocycles. The molecule has 4 N–H and O–H groups in total. The van der Waals surface area contributed by atoms with Gasteiger partial charge >= 0.3 is 6.18 Å². The van der Waals surface area contributed by atoms with E-state index in [9.17, 15) is 18.0 Å². The Morgan fingerprint density at radius 1 is 1.58 bits per heavy atom. The van der Waals surface area contributed by atoms with Crippen molar-refractivity contribution in [3.05, 3.63) is 0 Å². The van der Waals surface area contributed by atoms with E-state index in [1.807, 2.05) is 0 Å². The lowest BCUT2D eigenvalue weighted by molar-refractivity contribution is -0.139. The summed E-state index contributed by atoms with van der Waals surface area (Å²) in [5, 5.41) is 9.79. The lowest BCUT2D eigenvalue weighted by Crippen LogP contribution is -2.45. The molecule has 12 heavy (non-hydrogen) atoms. The van der Waals surface area contributed by atoms with Gasteiger partial charge in [-0.15, -0.1) is 0 Å². The van der Waals surface area contributed by atoms with Crippen LogP contribution in [-0.4, -0.2) is 36.4 Å². The number of hydrogen-bond donors (Lipinski definition) is 3. The maximum atomic E-state index is 11.5. The van der Waals surface area contributed by atoms with E-state index >= 15 is 0 Å². The maximum Gasteiger partial charge on any atom is 0.405 e. The van der Waals surface area contributed by atoms with Crippen molar-refractivity contribution in [2.45, 2.75) is 12.2 Å². The van der Waals surface area contributed by atoms with Gasteiger partial charge in [0.1, 0.15) is 12.6 Å². The van der Waals surface area contributed by atoms with E-state index < -0.39 is 31.3 Å². The lowest BCUT2D eigenvalue weighted by Gasteiger charge is -2.10. The van der Waals surface area contributed by atoms with Gasteiger partial charge in [-0.3, -0.25) is 4.79 Å². The number of carbonyl (C=O) groups is 1. The number of halogens is 3. The molecule has 7 heteroatoms. The van der Waals surface area contributed by atoms with Gasteiger partial charge in [-0.2, -0.15) is 13.2 Å². The van der Waals surface area contributed by atoms with Crippen LogP contribution in [-0.2, 0) is 4.79 Å². The van der Waals surface area contributed by atoms with E-state index in [-0.39, 0.29) is 0 Å². The molecule has 0 saturated carbocycles. The zero-order valence-electron chi connectivity index (χ0n) is 6.06. The molecule has 0 saturated heterocycles. The summed E-state index contributed by atoms with van der Waals surface area (Å²) in [5.41, 5.74) is 4.92. The molecule has 0 radical (unpaired) electrons. The van der Waals surface area contributed by atoms with Crippen molar-refractivity contribution in [3.63, 3.8) is 0 Å². The van der Waals surface area contributed by atoms with Crippen molar-refractivity contribution in [3.8, 4) is 0 Å². The van der Waals surface area contributed by atoms with Crippen LogP contribution in [0.15, 0.2) is 0 Å². The number of carbonyl (C=O) groups excluding carboxylic acids is 1. The molecule has 0 aromatic carbocycles. The van der Waals surface area contributed by atoms with E-state index in [1.165, 1.54) is 5.32 Å². The van der Waals surface area contributed by atoms with Crippen LogP contribution in [0.1, 0.15) is 0 Å². The van der Waals surface area contributed by atoms with Gasteiger partial charge in [-0.1, -0.05) is 0 Å². The van der Waals surface area contributed by atoms with Gasteiger partial charge in [-0.05, 0) is 0 Å². The molecule has 0 bridgehead atoms. The molecule has 0 aliphatic carbocycles. The Balaban J connectivity index is 3.72. The Kier molecular flexibility index (Phi) is 3.98. The van der Waals surface area contributed by atoms with Crippen molar-refractivity contribution in [1.82, 2.24) is 5.32 Å². The fourth-order valence-electron chi connectivity index (χ4n) is 0.401. The minimum Gasteiger partial charge on any atom is -0.394 e. The fourth-order valence-corrected chi connectivity index (χ4v) is 0.401. The molecule has 0 unspecified atom stereocenters. The number of nitrogens with one attached hydrogen (secondary N) is 1. The van der Waals surface area contributed by atoms with Gasteiger partial charge in [0.05, 0.1) is 6.61 Å². The number of alkyl halides is 3. The second kappa shape index (κ2) is 4.27. The van der Waals surface area contributed by atoms with Crippen molar-refractivity contribution in [1.29, 1.82) is 0 Å². The van der Waals surface area contributed by atoms with Crippen LogP contribution < -0.4 is 11.1 Å². The molecule has 72 valence electrons. The van der Waals surface area contributed by atoms with E-state index in [1.54, 1.807) is 0 Å². The van der Waals surface area contributed by atoms with Crippen LogP contribution in [0.2, 0.25) is 0 Å². The van der Waals surface area contributed by atoms with Gasteiger partial charge in [0.2, 0.25) is 5.91 Å². The lowest BCUT2D eigenvalue weighted by atomic mass is 10.3. The Morgan fingerprint density at radius 3 is 2.42 bits per heavy atom. The second-order valence-electron chi connectivity index (χ2n) is 2.12. The molecular weight excluding hydrogens is 177 g/mol. The average molecular weight is 186 g/mol. The summed E-state index contributed by atoms with van der Waals surface area (Å²) < 4.78 is 34.4.